The van der Waals surface area contributed by atoms with E-state index in [0.29, 0.717) is 12.1 Å². The van der Waals surface area contributed by atoms with E-state index in [1.165, 1.54) is 24.3 Å². The summed E-state index contributed by atoms with van der Waals surface area (Å²) in [4.78, 5) is 19.7. The molecule has 0 radical (unpaired) electrons. The molecule has 1 rings (SSSR count). The first kappa shape index (κ1) is 16.2. The first-order chi connectivity index (χ1) is 8.51. The topological polar surface area (TPSA) is 116 Å². The Morgan fingerprint density at radius 1 is 1.44 bits per heavy atom. The summed E-state index contributed by atoms with van der Waals surface area (Å²) in [6, 6.07) is 5.48. The van der Waals surface area contributed by atoms with E-state index in [1.807, 2.05) is 0 Å². The lowest BCUT2D eigenvalue weighted by molar-refractivity contribution is -0.384. The average molecular weight is 274 g/mol. The number of carboxylic acid groups (broad SMARTS) is 1. The molecule has 0 saturated heterocycles. The van der Waals surface area contributed by atoms with E-state index >= 15 is 0 Å². The van der Waals surface area contributed by atoms with Crippen LogP contribution in [0.1, 0.15) is 5.56 Å². The fourth-order valence-corrected chi connectivity index (χ4v) is 0.859. The van der Waals surface area contributed by atoms with E-state index in [0.717, 1.165) is 5.75 Å². The molecule has 1 aromatic carbocycles. The highest BCUT2D eigenvalue weighted by molar-refractivity contribution is 7.80. The van der Waals surface area contributed by atoms with Crippen LogP contribution in [0.25, 0.3) is 0 Å². The number of hydrogen-bond donors (Lipinski definition) is 3. The Kier molecular flexibility index (Phi) is 8.33. The van der Waals surface area contributed by atoms with Crippen LogP contribution in [0.15, 0.2) is 24.3 Å². The second kappa shape index (κ2) is 9.25. The van der Waals surface area contributed by atoms with E-state index < -0.39 is 11.1 Å². The highest BCUT2D eigenvalue weighted by Crippen LogP contribution is 2.12. The van der Waals surface area contributed by atoms with Gasteiger partial charge in [-0.15, -0.1) is 0 Å². The van der Waals surface area contributed by atoms with Crippen molar-refractivity contribution in [1.29, 1.82) is 0 Å². The third kappa shape index (κ3) is 7.47. The molecular formula is C10H14N2O5S. The van der Waals surface area contributed by atoms with E-state index in [-0.39, 0.29) is 12.3 Å². The lowest BCUT2D eigenvalue weighted by atomic mass is 10.2. The predicted molar refractivity (Wildman–Crippen MR) is 68.8 cm³/mol. The van der Waals surface area contributed by atoms with E-state index in [1.54, 1.807) is 0 Å². The summed E-state index contributed by atoms with van der Waals surface area (Å²) in [5.74, 6) is 0.792. The minimum Gasteiger partial charge on any atom is -0.450 e. The van der Waals surface area contributed by atoms with Crippen LogP contribution in [0, 0.1) is 10.1 Å². The Morgan fingerprint density at radius 3 is 2.28 bits per heavy atom. The van der Waals surface area contributed by atoms with Crippen LogP contribution in [-0.2, 0) is 11.3 Å². The number of ether oxygens (including phenoxy) is 1. The zero-order valence-electron chi connectivity index (χ0n) is 9.48. The van der Waals surface area contributed by atoms with Crippen molar-refractivity contribution in [3.63, 3.8) is 0 Å². The van der Waals surface area contributed by atoms with Gasteiger partial charge in [-0.3, -0.25) is 10.1 Å². The molecule has 0 aliphatic carbocycles. The van der Waals surface area contributed by atoms with E-state index in [4.69, 9.17) is 10.8 Å². The molecule has 1 aromatic rings. The lowest BCUT2D eigenvalue weighted by Gasteiger charge is -1.99. The molecule has 0 fully saturated rings. The SMILES string of the molecule is NCCS.O=C(O)OCc1ccc([N+](=O)[O-])cc1. The average Bonchev–Trinajstić information content (AvgIpc) is 2.37. The Balaban J connectivity index is 0.000000631. The number of nitrogens with two attached hydrogens (primary N) is 1. The molecule has 0 aromatic heterocycles. The lowest BCUT2D eigenvalue weighted by Crippen LogP contribution is -2.00. The highest BCUT2D eigenvalue weighted by atomic mass is 32.1. The second-order valence-corrected chi connectivity index (χ2v) is 3.44. The van der Waals surface area contributed by atoms with Crippen LogP contribution >= 0.6 is 12.6 Å². The van der Waals surface area contributed by atoms with Crippen LogP contribution < -0.4 is 5.73 Å². The molecule has 7 nitrogen and oxygen atoms in total. The molecule has 18 heavy (non-hydrogen) atoms. The van der Waals surface area contributed by atoms with Gasteiger partial charge in [0.2, 0.25) is 0 Å². The van der Waals surface area contributed by atoms with Gasteiger partial charge in [0, 0.05) is 24.4 Å². The Bertz CT molecular complexity index is 380. The number of nitro groups is 1. The zero-order valence-corrected chi connectivity index (χ0v) is 10.4. The number of carbonyl (C=O) groups is 1. The van der Waals surface area contributed by atoms with Gasteiger partial charge < -0.3 is 15.6 Å². The summed E-state index contributed by atoms with van der Waals surface area (Å²) >= 11 is 3.80. The quantitative estimate of drug-likeness (QED) is 0.333. The van der Waals surface area contributed by atoms with Crippen molar-refractivity contribution in [2.45, 2.75) is 6.61 Å². The minimum atomic E-state index is -1.37. The number of non-ortho nitro benzene ring substituents is 1. The maximum atomic E-state index is 10.3. The number of hydrogen-bond acceptors (Lipinski definition) is 6. The van der Waals surface area contributed by atoms with Gasteiger partial charge in [-0.05, 0) is 17.7 Å². The standard InChI is InChI=1S/C8H7NO5.C2H7NS/c10-8(11)14-5-6-1-3-7(4-2-6)9(12)13;3-1-2-4/h1-4H,5H2,(H,10,11);4H,1-3H2. The van der Waals surface area contributed by atoms with Gasteiger partial charge in [0.15, 0.2) is 0 Å². The molecule has 0 aliphatic heterocycles. The van der Waals surface area contributed by atoms with Crippen LogP contribution in [0.5, 0.6) is 0 Å². The molecule has 0 unspecified atom stereocenters. The van der Waals surface area contributed by atoms with Gasteiger partial charge >= 0.3 is 6.16 Å². The summed E-state index contributed by atoms with van der Waals surface area (Å²) in [5, 5.41) is 18.4. The van der Waals surface area contributed by atoms with Crippen LogP contribution in [0.3, 0.4) is 0 Å². The van der Waals surface area contributed by atoms with Crippen molar-refractivity contribution in [3.8, 4) is 0 Å². The first-order valence-electron chi connectivity index (χ1n) is 4.91. The molecule has 0 spiro atoms. The number of nitrogens with zero attached hydrogens (tertiary/aromatic N) is 1. The predicted octanol–water partition coefficient (Wildman–Crippen LogP) is 1.66. The van der Waals surface area contributed by atoms with Gasteiger partial charge in [-0.25, -0.2) is 4.79 Å². The minimum absolute atomic E-state index is 0.0379. The van der Waals surface area contributed by atoms with Crippen LogP contribution in [0.4, 0.5) is 10.5 Å². The third-order valence-corrected chi connectivity index (χ3v) is 1.90. The summed E-state index contributed by atoms with van der Waals surface area (Å²) in [5.41, 5.74) is 5.48. The monoisotopic (exact) mass is 274 g/mol. The Morgan fingerprint density at radius 2 is 1.94 bits per heavy atom. The maximum Gasteiger partial charge on any atom is 0.506 e. The Labute approximate surface area is 109 Å². The van der Waals surface area contributed by atoms with Crippen LogP contribution in [-0.4, -0.2) is 28.5 Å². The number of rotatable bonds is 4. The molecule has 100 valence electrons. The van der Waals surface area contributed by atoms with Gasteiger partial charge in [0.25, 0.3) is 5.69 Å². The first-order valence-corrected chi connectivity index (χ1v) is 5.54. The molecular weight excluding hydrogens is 260 g/mol. The molecule has 0 saturated carbocycles. The van der Waals surface area contributed by atoms with Crippen molar-refractivity contribution in [2.24, 2.45) is 5.73 Å². The summed E-state index contributed by atoms with van der Waals surface area (Å²) in [6.45, 7) is 0.580. The van der Waals surface area contributed by atoms with E-state index in [9.17, 15) is 14.9 Å². The Hall–Kier alpha value is -1.80. The summed E-state index contributed by atoms with van der Waals surface area (Å²) in [7, 11) is 0. The molecule has 8 heteroatoms. The fourth-order valence-electron chi connectivity index (χ4n) is 0.859. The molecule has 0 bridgehead atoms. The zero-order chi connectivity index (χ0) is 14.0. The van der Waals surface area contributed by atoms with Crippen molar-refractivity contribution >= 4 is 24.5 Å². The number of thiol groups is 1. The van der Waals surface area contributed by atoms with Crippen molar-refractivity contribution in [2.75, 3.05) is 12.3 Å². The normalized spacial score (nSPS) is 9.00. The second-order valence-electron chi connectivity index (χ2n) is 2.99. The van der Waals surface area contributed by atoms with Crippen LogP contribution in [0.2, 0.25) is 0 Å². The van der Waals surface area contributed by atoms with Gasteiger partial charge in [-0.1, -0.05) is 0 Å². The molecule has 3 N–H and O–H groups in total. The van der Waals surface area contributed by atoms with Gasteiger partial charge in [0.05, 0.1) is 4.92 Å². The molecule has 0 atom stereocenters. The largest absolute Gasteiger partial charge is 0.506 e. The summed E-state index contributed by atoms with van der Waals surface area (Å²) < 4.78 is 4.28. The molecule has 0 amide bonds. The molecule has 0 heterocycles. The third-order valence-electron chi connectivity index (χ3n) is 1.64. The maximum absolute atomic E-state index is 10.3. The molecule has 0 aliphatic rings. The summed E-state index contributed by atoms with van der Waals surface area (Å²) in [6.07, 6.45) is -1.37. The smallest absolute Gasteiger partial charge is 0.450 e. The van der Waals surface area contributed by atoms with Crippen molar-refractivity contribution < 1.29 is 19.6 Å². The van der Waals surface area contributed by atoms with Gasteiger partial charge in [-0.2, -0.15) is 12.6 Å². The van der Waals surface area contributed by atoms with Crippen molar-refractivity contribution in [3.05, 3.63) is 39.9 Å². The number of nitro benzene ring substituents is 1. The van der Waals surface area contributed by atoms with Gasteiger partial charge in [0.1, 0.15) is 6.61 Å². The fraction of sp³-hybridized carbons (Fsp3) is 0.300. The number of benzene rings is 1. The van der Waals surface area contributed by atoms with E-state index in [2.05, 4.69) is 17.4 Å². The highest BCUT2D eigenvalue weighted by Gasteiger charge is 2.04. The van der Waals surface area contributed by atoms with Crippen molar-refractivity contribution in [1.82, 2.24) is 0 Å².